The van der Waals surface area contributed by atoms with Gasteiger partial charge in [0, 0.05) is 4.90 Å². The standard InChI is InChI=1S/C23H23NOS/c1-16(26-20-14-13-17-7-2-3-9-19(17)15-20)23(25)24-22-12-6-10-18-8-4-5-11-21(18)22/h2-5,7-9,11,13-16,22H,6,10,12H2,1H3,(H,24,25)/t16-,22-/m0/s1. The average molecular weight is 362 g/mol. The Morgan fingerprint density at radius 2 is 1.81 bits per heavy atom. The van der Waals surface area contributed by atoms with Gasteiger partial charge in [-0.15, -0.1) is 11.8 Å². The molecule has 1 amide bonds. The van der Waals surface area contributed by atoms with Crippen LogP contribution in [0.1, 0.15) is 36.9 Å². The molecule has 0 fully saturated rings. The second-order valence-corrected chi connectivity index (χ2v) is 8.34. The van der Waals surface area contributed by atoms with E-state index in [1.165, 1.54) is 21.9 Å². The highest BCUT2D eigenvalue weighted by atomic mass is 32.2. The fraction of sp³-hybridized carbons (Fsp3) is 0.261. The third-order valence-corrected chi connectivity index (χ3v) is 6.18. The molecule has 3 aromatic carbocycles. The molecule has 2 atom stereocenters. The van der Waals surface area contributed by atoms with E-state index in [9.17, 15) is 4.79 Å². The highest BCUT2D eigenvalue weighted by molar-refractivity contribution is 8.00. The molecule has 0 aliphatic heterocycles. The summed E-state index contributed by atoms with van der Waals surface area (Å²) in [6, 6.07) is 23.3. The number of nitrogens with one attached hydrogen (secondary N) is 1. The molecule has 3 aromatic rings. The Morgan fingerprint density at radius 1 is 1.04 bits per heavy atom. The predicted molar refractivity (Wildman–Crippen MR) is 110 cm³/mol. The van der Waals surface area contributed by atoms with E-state index < -0.39 is 0 Å². The first-order chi connectivity index (χ1) is 12.7. The van der Waals surface area contributed by atoms with Crippen LogP contribution in [0.4, 0.5) is 0 Å². The predicted octanol–water partition coefficient (Wildman–Crippen LogP) is 5.51. The summed E-state index contributed by atoms with van der Waals surface area (Å²) < 4.78 is 0. The van der Waals surface area contributed by atoms with Crippen LogP contribution in [0.15, 0.2) is 71.6 Å². The molecule has 0 radical (unpaired) electrons. The van der Waals surface area contributed by atoms with Gasteiger partial charge < -0.3 is 5.32 Å². The molecule has 26 heavy (non-hydrogen) atoms. The van der Waals surface area contributed by atoms with Crippen LogP contribution in [0.3, 0.4) is 0 Å². The van der Waals surface area contributed by atoms with Gasteiger partial charge in [0.15, 0.2) is 0 Å². The number of hydrogen-bond acceptors (Lipinski definition) is 2. The van der Waals surface area contributed by atoms with Crippen molar-refractivity contribution in [3.63, 3.8) is 0 Å². The maximum Gasteiger partial charge on any atom is 0.233 e. The van der Waals surface area contributed by atoms with Crippen LogP contribution in [-0.2, 0) is 11.2 Å². The van der Waals surface area contributed by atoms with E-state index in [0.717, 1.165) is 24.2 Å². The topological polar surface area (TPSA) is 29.1 Å². The monoisotopic (exact) mass is 361 g/mol. The fourth-order valence-electron chi connectivity index (χ4n) is 3.69. The zero-order valence-corrected chi connectivity index (χ0v) is 15.8. The quantitative estimate of drug-likeness (QED) is 0.620. The van der Waals surface area contributed by atoms with Crippen molar-refractivity contribution in [1.82, 2.24) is 5.32 Å². The zero-order chi connectivity index (χ0) is 17.9. The smallest absolute Gasteiger partial charge is 0.233 e. The van der Waals surface area contributed by atoms with E-state index in [4.69, 9.17) is 0 Å². The molecule has 1 aliphatic carbocycles. The number of carbonyl (C=O) groups excluding carboxylic acids is 1. The number of hydrogen-bond donors (Lipinski definition) is 1. The Labute approximate surface area is 159 Å². The van der Waals surface area contributed by atoms with Gasteiger partial charge in [-0.3, -0.25) is 4.79 Å². The maximum absolute atomic E-state index is 12.8. The Hall–Kier alpha value is -2.26. The van der Waals surface area contributed by atoms with Crippen molar-refractivity contribution in [1.29, 1.82) is 0 Å². The van der Waals surface area contributed by atoms with Gasteiger partial charge in [-0.25, -0.2) is 0 Å². The lowest BCUT2D eigenvalue weighted by atomic mass is 9.88. The number of fused-ring (bicyclic) bond motifs is 2. The van der Waals surface area contributed by atoms with Crippen molar-refractivity contribution in [3.8, 4) is 0 Å². The van der Waals surface area contributed by atoms with E-state index in [0.29, 0.717) is 0 Å². The molecule has 1 aliphatic rings. The number of rotatable bonds is 4. The lowest BCUT2D eigenvalue weighted by molar-refractivity contribution is -0.121. The number of thioether (sulfide) groups is 1. The van der Waals surface area contributed by atoms with E-state index >= 15 is 0 Å². The van der Waals surface area contributed by atoms with Crippen molar-refractivity contribution in [2.24, 2.45) is 0 Å². The van der Waals surface area contributed by atoms with Gasteiger partial charge in [0.05, 0.1) is 11.3 Å². The van der Waals surface area contributed by atoms with Gasteiger partial charge in [-0.05, 0) is 60.2 Å². The summed E-state index contributed by atoms with van der Waals surface area (Å²) in [5, 5.41) is 5.60. The summed E-state index contributed by atoms with van der Waals surface area (Å²) in [4.78, 5) is 13.9. The van der Waals surface area contributed by atoms with Crippen LogP contribution in [0.25, 0.3) is 10.8 Å². The van der Waals surface area contributed by atoms with E-state index in [2.05, 4.69) is 59.9 Å². The fourth-order valence-corrected chi connectivity index (χ4v) is 4.62. The summed E-state index contributed by atoms with van der Waals surface area (Å²) in [7, 11) is 0. The molecule has 0 spiro atoms. The van der Waals surface area contributed by atoms with Gasteiger partial charge in [0.2, 0.25) is 5.91 Å². The van der Waals surface area contributed by atoms with Crippen molar-refractivity contribution in [2.75, 3.05) is 0 Å². The van der Waals surface area contributed by atoms with E-state index in [-0.39, 0.29) is 17.2 Å². The molecule has 4 rings (SSSR count). The number of amides is 1. The number of carbonyl (C=O) groups is 1. The van der Waals surface area contributed by atoms with Crippen molar-refractivity contribution < 1.29 is 4.79 Å². The van der Waals surface area contributed by atoms with Gasteiger partial charge in [0.25, 0.3) is 0 Å². The summed E-state index contributed by atoms with van der Waals surface area (Å²) in [5.41, 5.74) is 2.66. The molecule has 1 N–H and O–H groups in total. The second kappa shape index (κ2) is 7.55. The first-order valence-corrected chi connectivity index (χ1v) is 10.1. The molecule has 0 heterocycles. The SMILES string of the molecule is C[C@H](Sc1ccc2ccccc2c1)C(=O)N[C@H]1CCCc2ccccc21. The zero-order valence-electron chi connectivity index (χ0n) is 14.9. The van der Waals surface area contributed by atoms with Gasteiger partial charge in [-0.1, -0.05) is 54.6 Å². The first-order valence-electron chi connectivity index (χ1n) is 9.24. The normalized spacial score (nSPS) is 17.5. The molecule has 132 valence electrons. The van der Waals surface area contributed by atoms with Crippen LogP contribution in [0.2, 0.25) is 0 Å². The Balaban J connectivity index is 1.45. The molecule has 0 aromatic heterocycles. The lowest BCUT2D eigenvalue weighted by Gasteiger charge is -2.27. The van der Waals surface area contributed by atoms with E-state index in [1.54, 1.807) is 11.8 Å². The molecule has 0 unspecified atom stereocenters. The third kappa shape index (κ3) is 3.63. The van der Waals surface area contributed by atoms with Crippen LogP contribution >= 0.6 is 11.8 Å². The van der Waals surface area contributed by atoms with Gasteiger partial charge >= 0.3 is 0 Å². The molecular weight excluding hydrogens is 338 g/mol. The van der Waals surface area contributed by atoms with Crippen molar-refractivity contribution >= 4 is 28.4 Å². The summed E-state index contributed by atoms with van der Waals surface area (Å²) >= 11 is 1.62. The van der Waals surface area contributed by atoms with Crippen molar-refractivity contribution in [3.05, 3.63) is 77.9 Å². The minimum absolute atomic E-state index is 0.116. The number of aryl methyl sites for hydroxylation is 1. The lowest BCUT2D eigenvalue weighted by Crippen LogP contribution is -2.35. The highest BCUT2D eigenvalue weighted by Gasteiger charge is 2.24. The summed E-state index contributed by atoms with van der Waals surface area (Å²) in [5.74, 6) is 0.116. The molecule has 0 saturated heterocycles. The largest absolute Gasteiger partial charge is 0.348 e. The van der Waals surface area contributed by atoms with Crippen LogP contribution < -0.4 is 5.32 Å². The molecule has 3 heteroatoms. The Bertz CT molecular complexity index is 936. The van der Waals surface area contributed by atoms with Crippen LogP contribution in [-0.4, -0.2) is 11.2 Å². The van der Waals surface area contributed by atoms with Gasteiger partial charge in [0.1, 0.15) is 0 Å². The minimum atomic E-state index is -0.120. The summed E-state index contributed by atoms with van der Waals surface area (Å²) in [6.45, 7) is 1.99. The van der Waals surface area contributed by atoms with Crippen LogP contribution in [0.5, 0.6) is 0 Å². The maximum atomic E-state index is 12.8. The van der Waals surface area contributed by atoms with Crippen LogP contribution in [0, 0.1) is 0 Å². The Morgan fingerprint density at radius 3 is 2.69 bits per heavy atom. The van der Waals surface area contributed by atoms with Gasteiger partial charge in [-0.2, -0.15) is 0 Å². The van der Waals surface area contributed by atoms with Crippen molar-refractivity contribution in [2.45, 2.75) is 42.4 Å². The first kappa shape index (κ1) is 17.2. The molecule has 0 bridgehead atoms. The van der Waals surface area contributed by atoms with E-state index in [1.807, 2.05) is 19.1 Å². The molecular formula is C23H23NOS. The highest BCUT2D eigenvalue weighted by Crippen LogP contribution is 2.31. The summed E-state index contributed by atoms with van der Waals surface area (Å²) in [6.07, 6.45) is 3.27. The molecule has 0 saturated carbocycles. The number of benzene rings is 3. The Kier molecular flexibility index (Phi) is 4.98. The second-order valence-electron chi connectivity index (χ2n) is 6.92. The molecule has 2 nitrogen and oxygen atoms in total. The minimum Gasteiger partial charge on any atom is -0.348 e. The third-order valence-electron chi connectivity index (χ3n) is 5.09. The average Bonchev–Trinajstić information content (AvgIpc) is 2.68.